The van der Waals surface area contributed by atoms with Crippen LogP contribution >= 0.6 is 0 Å². The molecule has 0 fully saturated rings. The predicted octanol–water partition coefficient (Wildman–Crippen LogP) is 5.13. The van der Waals surface area contributed by atoms with Crippen molar-refractivity contribution in [3.05, 3.63) is 51.9 Å². The summed E-state index contributed by atoms with van der Waals surface area (Å²) in [6, 6.07) is 3.56. The van der Waals surface area contributed by atoms with Crippen LogP contribution in [0.1, 0.15) is 58.1 Å². The molecule has 28 heavy (non-hydrogen) atoms. The zero-order chi connectivity index (χ0) is 20.3. The molecule has 4 heteroatoms. The molecule has 1 aromatic carbocycles. The quantitative estimate of drug-likeness (QED) is 0.638. The fraction of sp³-hybridized carbons (Fsp3) is 0.500. The molecule has 0 spiro atoms. The summed E-state index contributed by atoms with van der Waals surface area (Å²) >= 11 is 0. The molecular formula is C24H30FNO2. The third-order valence-electron chi connectivity index (χ3n) is 5.84. The Morgan fingerprint density at radius 1 is 1.21 bits per heavy atom. The van der Waals surface area contributed by atoms with Gasteiger partial charge in [0.25, 0.3) is 0 Å². The van der Waals surface area contributed by atoms with Gasteiger partial charge in [-0.3, -0.25) is 4.90 Å². The molecule has 1 aliphatic carbocycles. The van der Waals surface area contributed by atoms with E-state index < -0.39 is 0 Å². The van der Waals surface area contributed by atoms with Gasteiger partial charge in [-0.05, 0) is 74.5 Å². The van der Waals surface area contributed by atoms with Crippen molar-refractivity contribution in [1.82, 2.24) is 4.90 Å². The maximum absolute atomic E-state index is 14.5. The lowest BCUT2D eigenvalue weighted by molar-refractivity contribution is 0.115. The van der Waals surface area contributed by atoms with Crippen molar-refractivity contribution in [2.45, 2.75) is 59.4 Å². The van der Waals surface area contributed by atoms with Gasteiger partial charge in [0.15, 0.2) is 11.6 Å². The molecule has 0 bridgehead atoms. The van der Waals surface area contributed by atoms with Crippen molar-refractivity contribution in [1.29, 1.82) is 0 Å². The lowest BCUT2D eigenvalue weighted by atomic mass is 9.82. The highest BCUT2D eigenvalue weighted by molar-refractivity contribution is 5.89. The van der Waals surface area contributed by atoms with Crippen molar-refractivity contribution in [3.8, 4) is 5.75 Å². The van der Waals surface area contributed by atoms with Crippen molar-refractivity contribution in [2.24, 2.45) is 0 Å². The predicted molar refractivity (Wildman–Crippen MR) is 112 cm³/mol. The maximum Gasteiger partial charge on any atom is 0.165 e. The first-order chi connectivity index (χ1) is 13.5. The van der Waals surface area contributed by atoms with Gasteiger partial charge in [0.05, 0.1) is 0 Å². The van der Waals surface area contributed by atoms with Crippen molar-refractivity contribution in [2.75, 3.05) is 19.7 Å². The second-order valence-corrected chi connectivity index (χ2v) is 7.78. The van der Waals surface area contributed by atoms with E-state index in [9.17, 15) is 9.18 Å². The van der Waals surface area contributed by atoms with Crippen LogP contribution in [0, 0.1) is 5.82 Å². The minimum atomic E-state index is -0.309. The fourth-order valence-electron chi connectivity index (χ4n) is 4.44. The Hall–Kier alpha value is -2.16. The normalized spacial score (nSPS) is 19.3. The largest absolute Gasteiger partial charge is 0.489 e. The number of nitrogens with zero attached hydrogens (tertiary/aromatic N) is 1. The zero-order valence-electron chi connectivity index (χ0n) is 17.4. The van der Waals surface area contributed by atoms with Crippen LogP contribution in [-0.4, -0.2) is 36.6 Å². The number of allylic oxidation sites excluding steroid dienone is 5. The Balaban J connectivity index is 2.08. The Kier molecular flexibility index (Phi) is 6.53. The smallest absolute Gasteiger partial charge is 0.165 e. The topological polar surface area (TPSA) is 29.5 Å². The van der Waals surface area contributed by atoms with Crippen LogP contribution in [0.25, 0.3) is 5.57 Å². The Morgan fingerprint density at radius 3 is 2.57 bits per heavy atom. The van der Waals surface area contributed by atoms with Gasteiger partial charge in [-0.15, -0.1) is 0 Å². The summed E-state index contributed by atoms with van der Waals surface area (Å²) in [5, 5.41) is 0. The molecule has 1 aliphatic heterocycles. The molecule has 3 rings (SSSR count). The first-order valence-corrected chi connectivity index (χ1v) is 10.3. The van der Waals surface area contributed by atoms with Crippen LogP contribution in [0.2, 0.25) is 0 Å². The third-order valence-corrected chi connectivity index (χ3v) is 5.84. The van der Waals surface area contributed by atoms with Crippen LogP contribution in [0.15, 0.2) is 34.9 Å². The minimum Gasteiger partial charge on any atom is -0.489 e. The molecule has 1 heterocycles. The summed E-state index contributed by atoms with van der Waals surface area (Å²) in [5.41, 5.74) is 5.64. The summed E-state index contributed by atoms with van der Waals surface area (Å²) in [6.07, 6.45) is 5.58. The molecular weight excluding hydrogens is 353 g/mol. The number of ether oxygens (including phenoxy) is 1. The Labute approximate surface area is 167 Å². The molecule has 2 aliphatic rings. The summed E-state index contributed by atoms with van der Waals surface area (Å²) in [4.78, 5) is 13.8. The fourth-order valence-corrected chi connectivity index (χ4v) is 4.44. The lowest BCUT2D eigenvalue weighted by Gasteiger charge is -2.36. The molecule has 0 aromatic heterocycles. The van der Waals surface area contributed by atoms with Gasteiger partial charge in [0.1, 0.15) is 12.5 Å². The molecule has 0 radical (unpaired) electrons. The van der Waals surface area contributed by atoms with Crippen molar-refractivity contribution in [3.63, 3.8) is 0 Å². The Morgan fingerprint density at radius 2 is 1.93 bits per heavy atom. The highest BCUT2D eigenvalue weighted by Crippen LogP contribution is 2.41. The van der Waals surface area contributed by atoms with Gasteiger partial charge in [0.2, 0.25) is 0 Å². The number of carbonyl (C=O) groups excluding carboxylic acids is 1. The molecule has 0 saturated carbocycles. The first-order valence-electron chi connectivity index (χ1n) is 10.3. The lowest BCUT2D eigenvalue weighted by Crippen LogP contribution is -2.44. The minimum absolute atomic E-state index is 0.239. The second-order valence-electron chi connectivity index (χ2n) is 7.78. The summed E-state index contributed by atoms with van der Waals surface area (Å²) in [5.74, 6) is 2.14. The number of benzene rings is 1. The van der Waals surface area contributed by atoms with E-state index in [4.69, 9.17) is 4.74 Å². The molecule has 3 nitrogen and oxygen atoms in total. The molecule has 0 saturated heterocycles. The molecule has 150 valence electrons. The number of hydrogen-bond donors (Lipinski definition) is 0. The molecule has 1 aromatic rings. The molecule has 0 amide bonds. The standard InChI is InChI=1S/C24H30FNO2/c1-5-11-26(12-6-2)19-13-21-20(9-10-22(25)24(21)28-15-19)23-16(3)7-8-18(14-27)17(23)4/h7,9-10,19H,5-6,8,11-13,15H2,1-4H3/t19-/m1/s1. The average Bonchev–Trinajstić information content (AvgIpc) is 2.69. The van der Waals surface area contributed by atoms with E-state index >= 15 is 0 Å². The average molecular weight is 384 g/mol. The van der Waals surface area contributed by atoms with E-state index in [1.54, 1.807) is 0 Å². The van der Waals surface area contributed by atoms with Crippen LogP contribution in [-0.2, 0) is 11.2 Å². The van der Waals surface area contributed by atoms with Crippen LogP contribution in [0.4, 0.5) is 4.39 Å². The summed E-state index contributed by atoms with van der Waals surface area (Å²) in [7, 11) is 0. The number of rotatable bonds is 6. The summed E-state index contributed by atoms with van der Waals surface area (Å²) < 4.78 is 20.5. The van der Waals surface area contributed by atoms with E-state index in [1.165, 1.54) is 6.07 Å². The van der Waals surface area contributed by atoms with Crippen molar-refractivity contribution < 1.29 is 13.9 Å². The molecule has 0 N–H and O–H groups in total. The summed E-state index contributed by atoms with van der Waals surface area (Å²) in [6.45, 7) is 10.9. The van der Waals surface area contributed by atoms with Gasteiger partial charge in [-0.2, -0.15) is 0 Å². The Bertz CT molecular complexity index is 856. The van der Waals surface area contributed by atoms with Gasteiger partial charge in [-0.25, -0.2) is 9.18 Å². The molecule has 0 unspecified atom stereocenters. The first kappa shape index (κ1) is 20.6. The number of fused-ring (bicyclic) bond motifs is 1. The van der Waals surface area contributed by atoms with E-state index in [-0.39, 0.29) is 11.9 Å². The second kappa shape index (κ2) is 8.89. The van der Waals surface area contributed by atoms with Crippen LogP contribution in [0.3, 0.4) is 0 Å². The van der Waals surface area contributed by atoms with Crippen LogP contribution < -0.4 is 4.74 Å². The molecule has 1 atom stereocenters. The van der Waals surface area contributed by atoms with E-state index in [2.05, 4.69) is 37.7 Å². The van der Waals surface area contributed by atoms with E-state index in [0.717, 1.165) is 60.2 Å². The van der Waals surface area contributed by atoms with E-state index in [1.807, 2.05) is 13.0 Å². The highest BCUT2D eigenvalue weighted by Gasteiger charge is 2.30. The number of hydrogen-bond acceptors (Lipinski definition) is 3. The highest BCUT2D eigenvalue weighted by atomic mass is 19.1. The zero-order valence-corrected chi connectivity index (χ0v) is 17.4. The number of halogens is 1. The van der Waals surface area contributed by atoms with E-state index in [0.29, 0.717) is 24.4 Å². The third kappa shape index (κ3) is 3.85. The van der Waals surface area contributed by atoms with Gasteiger partial charge in [0, 0.05) is 23.6 Å². The van der Waals surface area contributed by atoms with Crippen LogP contribution in [0.5, 0.6) is 5.75 Å². The van der Waals surface area contributed by atoms with Gasteiger partial charge < -0.3 is 4.74 Å². The SMILES string of the molecule is CCCN(CCC)[C@H]1COc2c(F)ccc(C3=C(C)C(=C=O)CC=C3C)c2C1. The van der Waals surface area contributed by atoms with Gasteiger partial charge in [-0.1, -0.05) is 26.0 Å². The monoisotopic (exact) mass is 383 g/mol. The van der Waals surface area contributed by atoms with Crippen molar-refractivity contribution >= 4 is 11.5 Å². The maximum atomic E-state index is 14.5. The van der Waals surface area contributed by atoms with Gasteiger partial charge >= 0.3 is 0 Å².